The highest BCUT2D eigenvalue weighted by Gasteiger charge is 2.34. The molecular formula is C12H21N3O2S. The molecule has 1 saturated heterocycles. The summed E-state index contributed by atoms with van der Waals surface area (Å²) in [6, 6.07) is 0. The first-order chi connectivity index (χ1) is 8.35. The van der Waals surface area contributed by atoms with E-state index in [2.05, 4.69) is 23.8 Å². The fourth-order valence-corrected chi connectivity index (χ4v) is 3.97. The first kappa shape index (κ1) is 13.5. The van der Waals surface area contributed by atoms with E-state index in [1.807, 2.05) is 6.92 Å². The zero-order valence-corrected chi connectivity index (χ0v) is 12.0. The monoisotopic (exact) mass is 271 g/mol. The Balaban J connectivity index is 2.25. The number of rotatable bonds is 3. The molecule has 0 radical (unpaired) electrons. The van der Waals surface area contributed by atoms with Crippen LogP contribution in [-0.2, 0) is 16.4 Å². The predicted molar refractivity (Wildman–Crippen MR) is 69.7 cm³/mol. The number of nitrogens with one attached hydrogen (secondary N) is 1. The molecule has 0 aromatic carbocycles. The third-order valence-corrected chi connectivity index (χ3v) is 5.18. The molecule has 1 N–H and O–H groups in total. The number of imidazole rings is 1. The van der Waals surface area contributed by atoms with Crippen LogP contribution in [0.4, 0.5) is 0 Å². The molecule has 1 aliphatic heterocycles. The van der Waals surface area contributed by atoms with Crippen molar-refractivity contribution >= 4 is 10.0 Å². The Kier molecular flexibility index (Phi) is 3.51. The average molecular weight is 271 g/mol. The van der Waals surface area contributed by atoms with Gasteiger partial charge in [-0.25, -0.2) is 13.4 Å². The molecule has 1 aromatic rings. The van der Waals surface area contributed by atoms with E-state index in [0.717, 1.165) is 12.8 Å². The highest BCUT2D eigenvalue weighted by Crippen LogP contribution is 2.31. The van der Waals surface area contributed by atoms with Gasteiger partial charge < -0.3 is 4.98 Å². The lowest BCUT2D eigenvalue weighted by molar-refractivity contribution is 0.186. The number of H-pyrrole nitrogens is 1. The van der Waals surface area contributed by atoms with Crippen LogP contribution in [0.25, 0.3) is 0 Å². The lowest BCUT2D eigenvalue weighted by Crippen LogP contribution is -2.43. The van der Waals surface area contributed by atoms with Crippen molar-refractivity contribution in [1.29, 1.82) is 0 Å². The van der Waals surface area contributed by atoms with Gasteiger partial charge in [0.1, 0.15) is 5.82 Å². The number of hydrogen-bond acceptors (Lipinski definition) is 3. The van der Waals surface area contributed by atoms with Gasteiger partial charge >= 0.3 is 0 Å². The lowest BCUT2D eigenvalue weighted by Gasteiger charge is -2.36. The third-order valence-electron chi connectivity index (χ3n) is 3.42. The Morgan fingerprint density at radius 3 is 2.78 bits per heavy atom. The normalized spacial score (nSPS) is 21.1. The number of aryl methyl sites for hydroxylation is 1. The summed E-state index contributed by atoms with van der Waals surface area (Å²) in [5.74, 6) is 0.713. The minimum absolute atomic E-state index is 0.0545. The minimum atomic E-state index is -3.41. The predicted octanol–water partition coefficient (Wildman–Crippen LogP) is 1.78. The van der Waals surface area contributed by atoms with Gasteiger partial charge in [0.15, 0.2) is 5.03 Å². The largest absolute Gasteiger partial charge is 0.332 e. The standard InChI is InChI=1S/C12H21N3O2S/c1-4-10-13-8-11(14-10)18(16,17)15-7-5-6-12(2,3)9-15/h8H,4-7,9H2,1-3H3,(H,13,14). The van der Waals surface area contributed by atoms with Gasteiger partial charge in [0.2, 0.25) is 0 Å². The van der Waals surface area contributed by atoms with Gasteiger partial charge in [-0.05, 0) is 18.3 Å². The lowest BCUT2D eigenvalue weighted by atomic mass is 9.85. The van der Waals surface area contributed by atoms with Gasteiger partial charge in [0.05, 0.1) is 6.20 Å². The smallest absolute Gasteiger partial charge is 0.260 e. The molecule has 1 aliphatic rings. The molecule has 18 heavy (non-hydrogen) atoms. The van der Waals surface area contributed by atoms with Crippen LogP contribution >= 0.6 is 0 Å². The Bertz CT molecular complexity index is 519. The molecule has 2 rings (SSSR count). The van der Waals surface area contributed by atoms with Gasteiger partial charge in [-0.1, -0.05) is 20.8 Å². The first-order valence-corrected chi connectivity index (χ1v) is 7.83. The zero-order chi connectivity index (χ0) is 13.4. The number of aromatic nitrogens is 2. The molecule has 0 bridgehead atoms. The van der Waals surface area contributed by atoms with E-state index in [4.69, 9.17) is 0 Å². The van der Waals surface area contributed by atoms with Crippen LogP contribution in [0, 0.1) is 5.41 Å². The van der Waals surface area contributed by atoms with Gasteiger partial charge in [-0.2, -0.15) is 4.31 Å². The molecular weight excluding hydrogens is 250 g/mol. The number of piperidine rings is 1. The van der Waals surface area contributed by atoms with E-state index >= 15 is 0 Å². The average Bonchev–Trinajstić information content (AvgIpc) is 2.76. The quantitative estimate of drug-likeness (QED) is 0.911. The van der Waals surface area contributed by atoms with E-state index < -0.39 is 10.0 Å². The Hall–Kier alpha value is -0.880. The molecule has 2 heterocycles. The fraction of sp³-hybridized carbons (Fsp3) is 0.750. The van der Waals surface area contributed by atoms with Crippen LogP contribution in [0.2, 0.25) is 0 Å². The SMILES string of the molecule is CCc1ncc(S(=O)(=O)N2CCCC(C)(C)C2)[nH]1. The van der Waals surface area contributed by atoms with Gasteiger partial charge in [0.25, 0.3) is 10.0 Å². The van der Waals surface area contributed by atoms with Crippen molar-refractivity contribution in [2.75, 3.05) is 13.1 Å². The molecule has 1 fully saturated rings. The molecule has 0 spiro atoms. The molecule has 1 aromatic heterocycles. The second-order valence-corrected chi connectivity index (χ2v) is 7.56. The van der Waals surface area contributed by atoms with Crippen molar-refractivity contribution < 1.29 is 8.42 Å². The molecule has 102 valence electrons. The van der Waals surface area contributed by atoms with Crippen LogP contribution in [0.1, 0.15) is 39.4 Å². The summed E-state index contributed by atoms with van der Waals surface area (Å²) in [4.78, 5) is 6.96. The molecule has 0 atom stereocenters. The van der Waals surface area contributed by atoms with E-state index in [9.17, 15) is 8.42 Å². The van der Waals surface area contributed by atoms with Crippen LogP contribution in [-0.4, -0.2) is 35.8 Å². The first-order valence-electron chi connectivity index (χ1n) is 6.39. The summed E-state index contributed by atoms with van der Waals surface area (Å²) >= 11 is 0. The molecule has 0 unspecified atom stereocenters. The maximum absolute atomic E-state index is 12.5. The summed E-state index contributed by atoms with van der Waals surface area (Å²) in [7, 11) is -3.41. The third kappa shape index (κ3) is 2.59. The molecule has 5 nitrogen and oxygen atoms in total. The van der Waals surface area contributed by atoms with Crippen molar-refractivity contribution in [2.24, 2.45) is 5.41 Å². The van der Waals surface area contributed by atoms with Gasteiger partial charge in [-0.3, -0.25) is 0 Å². The molecule has 0 saturated carbocycles. The second kappa shape index (κ2) is 4.66. The van der Waals surface area contributed by atoms with Crippen molar-refractivity contribution in [3.63, 3.8) is 0 Å². The van der Waals surface area contributed by atoms with Gasteiger partial charge in [0, 0.05) is 19.5 Å². The van der Waals surface area contributed by atoms with E-state index in [-0.39, 0.29) is 10.4 Å². The van der Waals surface area contributed by atoms with E-state index in [1.165, 1.54) is 6.20 Å². The zero-order valence-electron chi connectivity index (χ0n) is 11.2. The Morgan fingerprint density at radius 2 is 2.22 bits per heavy atom. The van der Waals surface area contributed by atoms with E-state index in [0.29, 0.717) is 25.3 Å². The molecule has 6 heteroatoms. The number of hydrogen-bond donors (Lipinski definition) is 1. The summed E-state index contributed by atoms with van der Waals surface area (Å²) in [5.41, 5.74) is 0.0545. The van der Waals surface area contributed by atoms with Crippen LogP contribution in [0.5, 0.6) is 0 Å². The van der Waals surface area contributed by atoms with Crippen LogP contribution in [0.15, 0.2) is 11.2 Å². The van der Waals surface area contributed by atoms with Crippen molar-refractivity contribution in [3.05, 3.63) is 12.0 Å². The highest BCUT2D eigenvalue weighted by atomic mass is 32.2. The molecule has 0 amide bonds. The highest BCUT2D eigenvalue weighted by molar-refractivity contribution is 7.89. The number of sulfonamides is 1. The molecule has 0 aliphatic carbocycles. The van der Waals surface area contributed by atoms with Gasteiger partial charge in [-0.15, -0.1) is 0 Å². The summed E-state index contributed by atoms with van der Waals surface area (Å²) in [6.07, 6.45) is 4.12. The number of aromatic amines is 1. The summed E-state index contributed by atoms with van der Waals surface area (Å²) < 4.78 is 26.5. The van der Waals surface area contributed by atoms with Crippen molar-refractivity contribution in [2.45, 2.75) is 45.1 Å². The van der Waals surface area contributed by atoms with E-state index in [1.54, 1.807) is 4.31 Å². The topological polar surface area (TPSA) is 66.1 Å². The second-order valence-electron chi connectivity index (χ2n) is 5.65. The van der Waals surface area contributed by atoms with Crippen molar-refractivity contribution in [1.82, 2.24) is 14.3 Å². The summed E-state index contributed by atoms with van der Waals surface area (Å²) in [5, 5.41) is 0.219. The van der Waals surface area contributed by atoms with Crippen molar-refractivity contribution in [3.8, 4) is 0 Å². The Morgan fingerprint density at radius 1 is 1.50 bits per heavy atom. The van der Waals surface area contributed by atoms with Crippen LogP contribution < -0.4 is 0 Å². The maximum atomic E-state index is 12.5. The Labute approximate surface area is 109 Å². The fourth-order valence-electron chi connectivity index (χ4n) is 2.37. The maximum Gasteiger partial charge on any atom is 0.260 e. The summed E-state index contributed by atoms with van der Waals surface area (Å²) in [6.45, 7) is 7.35. The van der Waals surface area contributed by atoms with Crippen LogP contribution in [0.3, 0.4) is 0 Å². The minimum Gasteiger partial charge on any atom is -0.332 e. The number of nitrogens with zero attached hydrogens (tertiary/aromatic N) is 2.